The van der Waals surface area contributed by atoms with E-state index in [1.165, 1.54) is 16.9 Å². The molecular weight excluding hydrogens is 298 g/mol. The van der Waals surface area contributed by atoms with Gasteiger partial charge in [0.25, 0.3) is 0 Å². The molecule has 1 amide bonds. The van der Waals surface area contributed by atoms with E-state index in [2.05, 4.69) is 20.3 Å². The van der Waals surface area contributed by atoms with E-state index in [1.54, 1.807) is 0 Å². The fourth-order valence-electron chi connectivity index (χ4n) is 2.51. The van der Waals surface area contributed by atoms with Gasteiger partial charge in [0.1, 0.15) is 0 Å². The molecule has 0 spiro atoms. The van der Waals surface area contributed by atoms with Crippen LogP contribution < -0.4 is 5.32 Å². The Hall–Kier alpha value is -1.73. The van der Waals surface area contributed by atoms with Crippen molar-refractivity contribution in [1.82, 2.24) is 19.7 Å². The van der Waals surface area contributed by atoms with Gasteiger partial charge in [0, 0.05) is 24.2 Å². The van der Waals surface area contributed by atoms with Gasteiger partial charge < -0.3 is 5.32 Å². The minimum absolute atomic E-state index is 0.00356. The normalized spacial score (nSPS) is 17.3. The molecule has 3 heterocycles. The van der Waals surface area contributed by atoms with E-state index in [0.717, 1.165) is 23.7 Å². The van der Waals surface area contributed by atoms with Crippen molar-refractivity contribution in [3.8, 4) is 0 Å². The van der Waals surface area contributed by atoms with Gasteiger partial charge in [0.05, 0.1) is 24.0 Å². The summed E-state index contributed by atoms with van der Waals surface area (Å²) in [7, 11) is 0. The number of nitrogens with one attached hydrogen (secondary N) is 1. The molecule has 1 N–H and O–H groups in total. The molecule has 7 heteroatoms. The number of rotatable bonds is 4. The van der Waals surface area contributed by atoms with Gasteiger partial charge in [-0.15, -0.1) is 11.3 Å². The maximum absolute atomic E-state index is 12.3. The average Bonchev–Trinajstić information content (AvgIpc) is 2.95. The SMILES string of the molecule is Cc1cnn(C2CN(C(C)C(=O)Nc3nc(C)c(C)s3)C2)c1. The summed E-state index contributed by atoms with van der Waals surface area (Å²) in [4.78, 5) is 20.0. The topological polar surface area (TPSA) is 63.1 Å². The van der Waals surface area contributed by atoms with Gasteiger partial charge in [-0.05, 0) is 33.3 Å². The summed E-state index contributed by atoms with van der Waals surface area (Å²) in [6, 6.07) is 0.214. The van der Waals surface area contributed by atoms with E-state index < -0.39 is 0 Å². The summed E-state index contributed by atoms with van der Waals surface area (Å²) in [6.45, 7) is 9.65. The Morgan fingerprint density at radius 2 is 2.14 bits per heavy atom. The van der Waals surface area contributed by atoms with Crippen LogP contribution in [0.25, 0.3) is 0 Å². The number of hydrogen-bond acceptors (Lipinski definition) is 5. The van der Waals surface area contributed by atoms with Crippen LogP contribution in [0.5, 0.6) is 0 Å². The number of thiazole rings is 1. The third-order valence-corrected chi connectivity index (χ3v) is 5.17. The smallest absolute Gasteiger partial charge is 0.243 e. The molecule has 1 atom stereocenters. The highest BCUT2D eigenvalue weighted by atomic mass is 32.1. The summed E-state index contributed by atoms with van der Waals surface area (Å²) in [5, 5.41) is 7.94. The van der Waals surface area contributed by atoms with Crippen LogP contribution >= 0.6 is 11.3 Å². The molecule has 2 aromatic rings. The standard InChI is InChI=1S/C15H21N5OS/c1-9-5-16-20(6-9)13-7-19(8-13)11(3)14(21)18-15-17-10(2)12(4)22-15/h5-6,11,13H,7-8H2,1-4H3,(H,17,18,21). The van der Waals surface area contributed by atoms with Gasteiger partial charge in [-0.25, -0.2) is 4.98 Å². The van der Waals surface area contributed by atoms with E-state index >= 15 is 0 Å². The summed E-state index contributed by atoms with van der Waals surface area (Å²) < 4.78 is 1.99. The zero-order chi connectivity index (χ0) is 15.9. The minimum atomic E-state index is -0.155. The Bertz CT molecular complexity index is 666. The van der Waals surface area contributed by atoms with Gasteiger partial charge in [0.15, 0.2) is 5.13 Å². The molecule has 0 aliphatic carbocycles. The second-order valence-corrected chi connectivity index (χ2v) is 7.13. The number of hydrogen-bond donors (Lipinski definition) is 1. The van der Waals surface area contributed by atoms with Crippen LogP contribution in [-0.4, -0.2) is 44.7 Å². The zero-order valence-electron chi connectivity index (χ0n) is 13.3. The number of aryl methyl sites for hydroxylation is 3. The zero-order valence-corrected chi connectivity index (χ0v) is 14.1. The van der Waals surface area contributed by atoms with Crippen molar-refractivity contribution < 1.29 is 4.79 Å². The van der Waals surface area contributed by atoms with Crippen LogP contribution in [0.15, 0.2) is 12.4 Å². The largest absolute Gasteiger partial charge is 0.301 e. The van der Waals surface area contributed by atoms with Crippen LogP contribution in [0.1, 0.15) is 29.1 Å². The van der Waals surface area contributed by atoms with Crippen molar-refractivity contribution >= 4 is 22.4 Å². The summed E-state index contributed by atoms with van der Waals surface area (Å²) >= 11 is 1.52. The van der Waals surface area contributed by atoms with Crippen molar-refractivity contribution in [3.05, 3.63) is 28.5 Å². The van der Waals surface area contributed by atoms with E-state index in [0.29, 0.717) is 11.2 Å². The molecule has 1 aliphatic heterocycles. The third kappa shape index (κ3) is 2.91. The highest BCUT2D eigenvalue weighted by molar-refractivity contribution is 7.15. The monoisotopic (exact) mass is 319 g/mol. The van der Waals surface area contributed by atoms with Crippen LogP contribution in [0.4, 0.5) is 5.13 Å². The molecule has 3 rings (SSSR count). The lowest BCUT2D eigenvalue weighted by atomic mass is 10.1. The number of likely N-dealkylation sites (tertiary alicyclic amines) is 1. The molecule has 0 bridgehead atoms. The van der Waals surface area contributed by atoms with Crippen LogP contribution in [0, 0.1) is 20.8 Å². The molecule has 0 radical (unpaired) electrons. The fraction of sp³-hybridized carbons (Fsp3) is 0.533. The summed E-state index contributed by atoms with van der Waals surface area (Å²) in [6.07, 6.45) is 3.92. The molecule has 22 heavy (non-hydrogen) atoms. The first-order valence-electron chi connectivity index (χ1n) is 7.43. The first-order chi connectivity index (χ1) is 10.4. The number of amides is 1. The Morgan fingerprint density at radius 1 is 1.41 bits per heavy atom. The molecule has 0 aromatic carbocycles. The first kappa shape index (κ1) is 15.2. The highest BCUT2D eigenvalue weighted by Crippen LogP contribution is 2.25. The summed E-state index contributed by atoms with van der Waals surface area (Å²) in [5.74, 6) is 0.00356. The molecular formula is C15H21N5OS. The number of aromatic nitrogens is 3. The molecule has 6 nitrogen and oxygen atoms in total. The van der Waals surface area contributed by atoms with Gasteiger partial charge in [-0.3, -0.25) is 14.4 Å². The quantitative estimate of drug-likeness (QED) is 0.938. The van der Waals surface area contributed by atoms with Gasteiger partial charge in [-0.2, -0.15) is 5.10 Å². The number of carbonyl (C=O) groups excluding carboxylic acids is 1. The second kappa shape index (κ2) is 5.81. The Kier molecular flexibility index (Phi) is 4.01. The average molecular weight is 319 g/mol. The number of nitrogens with zero attached hydrogens (tertiary/aromatic N) is 4. The molecule has 1 unspecified atom stereocenters. The van der Waals surface area contributed by atoms with Crippen molar-refractivity contribution in [2.24, 2.45) is 0 Å². The van der Waals surface area contributed by atoms with Crippen LogP contribution in [0.3, 0.4) is 0 Å². The van der Waals surface area contributed by atoms with Crippen molar-refractivity contribution in [1.29, 1.82) is 0 Å². The van der Waals surface area contributed by atoms with E-state index in [9.17, 15) is 4.79 Å². The van der Waals surface area contributed by atoms with Gasteiger partial charge in [0.2, 0.25) is 5.91 Å². The Labute approximate surface area is 134 Å². The third-order valence-electron chi connectivity index (χ3n) is 4.18. The van der Waals surface area contributed by atoms with Gasteiger partial charge in [-0.1, -0.05) is 0 Å². The molecule has 1 aliphatic rings. The van der Waals surface area contributed by atoms with E-state index in [4.69, 9.17) is 0 Å². The second-order valence-electron chi connectivity index (χ2n) is 5.93. The number of carbonyl (C=O) groups is 1. The van der Waals surface area contributed by atoms with Crippen LogP contribution in [0.2, 0.25) is 0 Å². The minimum Gasteiger partial charge on any atom is -0.301 e. The molecule has 1 fully saturated rings. The number of anilines is 1. The fourth-order valence-corrected chi connectivity index (χ4v) is 3.32. The Balaban J connectivity index is 1.54. The lowest BCUT2D eigenvalue weighted by molar-refractivity contribution is -0.123. The predicted molar refractivity (Wildman–Crippen MR) is 87.3 cm³/mol. The van der Waals surface area contributed by atoms with Gasteiger partial charge >= 0.3 is 0 Å². The van der Waals surface area contributed by atoms with Crippen molar-refractivity contribution in [2.75, 3.05) is 18.4 Å². The Morgan fingerprint density at radius 3 is 2.68 bits per heavy atom. The lowest BCUT2D eigenvalue weighted by Gasteiger charge is -2.42. The maximum Gasteiger partial charge on any atom is 0.243 e. The first-order valence-corrected chi connectivity index (χ1v) is 8.25. The lowest BCUT2D eigenvalue weighted by Crippen LogP contribution is -2.55. The predicted octanol–water partition coefficient (Wildman–Crippen LogP) is 2.15. The van der Waals surface area contributed by atoms with Crippen molar-refractivity contribution in [3.63, 3.8) is 0 Å². The molecule has 1 saturated heterocycles. The molecule has 118 valence electrons. The molecule has 2 aromatic heterocycles. The van der Waals surface area contributed by atoms with Crippen LogP contribution in [-0.2, 0) is 4.79 Å². The highest BCUT2D eigenvalue weighted by Gasteiger charge is 2.35. The maximum atomic E-state index is 12.3. The van der Waals surface area contributed by atoms with E-state index in [1.807, 2.05) is 44.8 Å². The summed E-state index contributed by atoms with van der Waals surface area (Å²) in [5.41, 5.74) is 2.14. The van der Waals surface area contributed by atoms with Crippen molar-refractivity contribution in [2.45, 2.75) is 39.8 Å². The molecule has 0 saturated carbocycles. The van der Waals surface area contributed by atoms with E-state index in [-0.39, 0.29) is 11.9 Å².